The second-order valence-electron chi connectivity index (χ2n) is 19.4. The van der Waals surface area contributed by atoms with Gasteiger partial charge in [0.2, 0.25) is 11.9 Å². The number of nitrogens with one attached hydrogen (secondary N) is 2. The number of hydrogen-bond donors (Lipinski definition) is 5. The summed E-state index contributed by atoms with van der Waals surface area (Å²) in [5.74, 6) is -1.69. The highest BCUT2D eigenvalue weighted by Gasteiger charge is 2.40. The smallest absolute Gasteiger partial charge is 0.433 e. The Morgan fingerprint density at radius 2 is 0.918 bits per heavy atom. The molecule has 6 aromatic rings. The van der Waals surface area contributed by atoms with E-state index in [1.54, 1.807) is 25.1 Å². The Labute approximate surface area is 419 Å². The van der Waals surface area contributed by atoms with E-state index in [4.69, 9.17) is 4.74 Å². The molecule has 73 heavy (non-hydrogen) atoms. The van der Waals surface area contributed by atoms with E-state index in [0.29, 0.717) is 49.9 Å². The van der Waals surface area contributed by atoms with Crippen molar-refractivity contribution in [2.24, 2.45) is 23.7 Å². The lowest BCUT2D eigenvalue weighted by atomic mass is 9.71. The van der Waals surface area contributed by atoms with Gasteiger partial charge in [0.15, 0.2) is 0 Å². The van der Waals surface area contributed by atoms with Gasteiger partial charge in [-0.2, -0.15) is 26.3 Å². The second kappa shape index (κ2) is 22.1. The van der Waals surface area contributed by atoms with Crippen LogP contribution in [0.3, 0.4) is 0 Å². The van der Waals surface area contributed by atoms with E-state index in [-0.39, 0.29) is 41.5 Å². The highest BCUT2D eigenvalue weighted by atomic mass is 19.4. The minimum absolute atomic E-state index is 0.0267. The SMILES string of the molecule is COC(=O)C1CCC(C(C)(O)c2ccc(-c3cc(C)cc(Nc4nccc(C(F)(F)F)n4)c3)cc2)CC1.Cc1cc(Nc2nccc(C(F)(F)F)n2)cc(-c2ccc(C(C)(O)C3CCC(C(=O)O)CC3)cc2)c1. The molecule has 2 aliphatic rings. The molecule has 0 radical (unpaired) electrons. The summed E-state index contributed by atoms with van der Waals surface area (Å²) in [6, 6.07) is 27.9. The van der Waals surface area contributed by atoms with Gasteiger partial charge in [-0.05, 0) is 172 Å². The molecule has 0 aliphatic heterocycles. The first kappa shape index (κ1) is 53.9. The third kappa shape index (κ3) is 13.4. The van der Waals surface area contributed by atoms with Gasteiger partial charge in [-0.15, -0.1) is 0 Å². The lowest BCUT2D eigenvalue weighted by Gasteiger charge is -2.38. The minimum Gasteiger partial charge on any atom is -0.481 e. The molecular formula is C55H58F6N6O6. The van der Waals surface area contributed by atoms with E-state index in [0.717, 1.165) is 81.9 Å². The summed E-state index contributed by atoms with van der Waals surface area (Å²) in [4.78, 5) is 38.0. The summed E-state index contributed by atoms with van der Waals surface area (Å²) in [7, 11) is 1.40. The van der Waals surface area contributed by atoms with E-state index in [1.165, 1.54) is 7.11 Å². The van der Waals surface area contributed by atoms with Crippen molar-refractivity contribution in [2.45, 2.75) is 103 Å². The van der Waals surface area contributed by atoms with Gasteiger partial charge in [-0.25, -0.2) is 19.9 Å². The van der Waals surface area contributed by atoms with Crippen LogP contribution in [0.15, 0.2) is 109 Å². The Morgan fingerprint density at radius 1 is 0.548 bits per heavy atom. The van der Waals surface area contributed by atoms with E-state index >= 15 is 0 Å². The molecule has 2 aliphatic carbocycles. The van der Waals surface area contributed by atoms with Crippen molar-refractivity contribution >= 4 is 35.2 Å². The van der Waals surface area contributed by atoms with Crippen LogP contribution in [0.25, 0.3) is 22.3 Å². The fraction of sp³-hybridized carbons (Fsp3) is 0.382. The molecule has 2 unspecified atom stereocenters. The van der Waals surface area contributed by atoms with E-state index in [9.17, 15) is 51.3 Å². The number of carboxylic acid groups (broad SMARTS) is 1. The number of halogens is 6. The topological polar surface area (TPSA) is 180 Å². The number of hydrogen-bond acceptors (Lipinski definition) is 11. The van der Waals surface area contributed by atoms with E-state index in [1.807, 2.05) is 87.5 Å². The Balaban J connectivity index is 0.000000214. The van der Waals surface area contributed by atoms with Gasteiger partial charge in [-0.1, -0.05) is 60.7 Å². The fourth-order valence-corrected chi connectivity index (χ4v) is 9.89. The van der Waals surface area contributed by atoms with Crippen LogP contribution in [0.1, 0.15) is 98.9 Å². The number of rotatable bonds is 12. The number of nitrogens with zero attached hydrogens (tertiary/aromatic N) is 4. The van der Waals surface area contributed by atoms with Gasteiger partial charge >= 0.3 is 24.3 Å². The largest absolute Gasteiger partial charge is 0.481 e. The Hall–Kier alpha value is -6.92. The van der Waals surface area contributed by atoms with Crippen molar-refractivity contribution in [1.29, 1.82) is 0 Å². The predicted octanol–water partition coefficient (Wildman–Crippen LogP) is 12.7. The summed E-state index contributed by atoms with van der Waals surface area (Å²) in [6.07, 6.45) is -1.71. The molecule has 12 nitrogen and oxygen atoms in total. The van der Waals surface area contributed by atoms with Crippen molar-refractivity contribution in [2.75, 3.05) is 17.7 Å². The highest BCUT2D eigenvalue weighted by molar-refractivity contribution is 5.74. The molecule has 0 bridgehead atoms. The van der Waals surface area contributed by atoms with Gasteiger partial charge < -0.3 is 30.7 Å². The number of aliphatic carboxylic acids is 1. The molecule has 0 saturated heterocycles. The standard InChI is InChI=1S/C28H30F3N3O3.C27H28F3N3O3/c1-17-14-20(16-23(15-17)33-26-32-13-12-24(34-26)28(29,30)31)18-4-8-21(9-5-18)27(2,36)22-10-6-19(7-11-22)25(35)37-3;1-16-13-19(15-22(14-16)32-25-31-12-11-23(33-25)27(28,29)30)17-3-7-20(8-4-17)26(2,36)21-9-5-18(6-10-21)24(34)35/h4-5,8-9,12-16,19,22,36H,6-7,10-11H2,1-3H3,(H,32,33,34);3-4,7-8,11-15,18,21,36H,5-6,9-10H2,1-2H3,(H,34,35)(H,31,32,33). The normalized spacial score (nSPS) is 19.8. The van der Waals surface area contributed by atoms with Crippen molar-refractivity contribution in [3.8, 4) is 22.3 Å². The maximum Gasteiger partial charge on any atom is 0.433 e. The molecule has 2 fully saturated rings. The van der Waals surface area contributed by atoms with Crippen LogP contribution in [0.2, 0.25) is 0 Å². The predicted molar refractivity (Wildman–Crippen MR) is 264 cm³/mol. The fourth-order valence-electron chi connectivity index (χ4n) is 9.89. The van der Waals surface area contributed by atoms with Crippen molar-refractivity contribution in [1.82, 2.24) is 19.9 Å². The quantitative estimate of drug-likeness (QED) is 0.0579. The summed E-state index contributed by atoms with van der Waals surface area (Å²) in [5, 5.41) is 37.6. The third-order valence-corrected chi connectivity index (χ3v) is 14.1. The van der Waals surface area contributed by atoms with Crippen LogP contribution in [0, 0.1) is 37.5 Å². The van der Waals surface area contributed by atoms with Crippen LogP contribution < -0.4 is 10.6 Å². The number of alkyl halides is 6. The number of carbonyl (C=O) groups is 2. The third-order valence-electron chi connectivity index (χ3n) is 14.1. The maximum absolute atomic E-state index is 13.0. The summed E-state index contributed by atoms with van der Waals surface area (Å²) in [6.45, 7) is 7.37. The van der Waals surface area contributed by atoms with Crippen molar-refractivity contribution in [3.05, 3.63) is 143 Å². The summed E-state index contributed by atoms with van der Waals surface area (Å²) >= 11 is 0. The zero-order valence-corrected chi connectivity index (χ0v) is 41.0. The zero-order valence-electron chi connectivity index (χ0n) is 41.0. The van der Waals surface area contributed by atoms with Crippen molar-refractivity contribution < 1.29 is 56.0 Å². The summed E-state index contributed by atoms with van der Waals surface area (Å²) in [5.41, 5.74) is 3.79. The number of anilines is 4. The van der Waals surface area contributed by atoms with Crippen LogP contribution in [0.5, 0.6) is 0 Å². The molecule has 4 aromatic carbocycles. The average Bonchev–Trinajstić information content (AvgIpc) is 3.36. The highest BCUT2D eigenvalue weighted by Crippen LogP contribution is 2.43. The number of methoxy groups -OCH3 is 1. The van der Waals surface area contributed by atoms with Gasteiger partial charge in [-0.3, -0.25) is 9.59 Å². The van der Waals surface area contributed by atoms with Crippen molar-refractivity contribution in [3.63, 3.8) is 0 Å². The number of aliphatic hydroxyl groups is 2. The van der Waals surface area contributed by atoms with Crippen LogP contribution in [0.4, 0.5) is 49.6 Å². The lowest BCUT2D eigenvalue weighted by Crippen LogP contribution is -2.36. The first-order valence-electron chi connectivity index (χ1n) is 24.0. The van der Waals surface area contributed by atoms with E-state index < -0.39 is 40.9 Å². The Kier molecular flexibility index (Phi) is 16.3. The monoisotopic (exact) mass is 1010 g/mol. The van der Waals surface area contributed by atoms with E-state index in [2.05, 4.69) is 30.6 Å². The van der Waals surface area contributed by atoms with Gasteiger partial charge in [0.25, 0.3) is 0 Å². The number of aryl methyl sites for hydroxylation is 2. The van der Waals surface area contributed by atoms with Crippen LogP contribution in [-0.2, 0) is 37.9 Å². The molecule has 0 spiro atoms. The van der Waals surface area contributed by atoms with Crippen LogP contribution in [-0.4, -0.2) is 54.3 Å². The van der Waals surface area contributed by atoms with Crippen LogP contribution >= 0.6 is 0 Å². The molecule has 2 heterocycles. The first-order valence-corrected chi connectivity index (χ1v) is 24.0. The molecule has 2 atom stereocenters. The lowest BCUT2D eigenvalue weighted by molar-refractivity contribution is -0.148. The first-order chi connectivity index (χ1) is 34.4. The summed E-state index contributed by atoms with van der Waals surface area (Å²) < 4.78 is 82.8. The molecule has 5 N–H and O–H groups in total. The Bertz CT molecular complexity index is 2880. The second-order valence-corrected chi connectivity index (χ2v) is 19.4. The average molecular weight is 1010 g/mol. The molecule has 0 amide bonds. The molecule has 8 rings (SSSR count). The minimum atomic E-state index is -4.56. The number of carbonyl (C=O) groups excluding carboxylic acids is 1. The number of aromatic nitrogens is 4. The molecule has 386 valence electrons. The number of ether oxygens (including phenoxy) is 1. The molecular weight excluding hydrogens is 955 g/mol. The van der Waals surface area contributed by atoms with Gasteiger partial charge in [0.1, 0.15) is 11.4 Å². The molecule has 18 heteroatoms. The Morgan fingerprint density at radius 3 is 1.26 bits per heavy atom. The van der Waals surface area contributed by atoms with Gasteiger partial charge in [0.05, 0.1) is 30.1 Å². The van der Waals surface area contributed by atoms with Gasteiger partial charge in [0, 0.05) is 23.8 Å². The zero-order chi connectivity index (χ0) is 52.9. The number of benzene rings is 4. The number of carboxylic acids is 1. The molecule has 2 aromatic heterocycles. The number of esters is 1. The maximum atomic E-state index is 13.0. The molecule has 2 saturated carbocycles.